The van der Waals surface area contributed by atoms with E-state index < -0.39 is 0 Å². The normalized spacial score (nSPS) is 10.6. The van der Waals surface area contributed by atoms with Crippen molar-refractivity contribution in [1.29, 1.82) is 0 Å². The van der Waals surface area contributed by atoms with Crippen molar-refractivity contribution in [2.75, 3.05) is 0 Å². The summed E-state index contributed by atoms with van der Waals surface area (Å²) in [6.07, 6.45) is 0. The highest BCUT2D eigenvalue weighted by atomic mass is 79.9. The molecule has 0 spiro atoms. The molecule has 0 radical (unpaired) electrons. The minimum absolute atomic E-state index is 0.283. The lowest BCUT2D eigenvalue weighted by Gasteiger charge is -2.02. The van der Waals surface area contributed by atoms with Gasteiger partial charge in [-0.25, -0.2) is 4.39 Å². The SMILES string of the molecule is Cn1c(CBr)nnc1-c1ccccc1F. The van der Waals surface area contributed by atoms with Crippen molar-refractivity contribution in [3.8, 4) is 11.4 Å². The third kappa shape index (κ3) is 1.79. The maximum Gasteiger partial charge on any atom is 0.166 e. The van der Waals surface area contributed by atoms with Crippen LogP contribution >= 0.6 is 15.9 Å². The zero-order valence-corrected chi connectivity index (χ0v) is 9.70. The highest BCUT2D eigenvalue weighted by Gasteiger charge is 2.12. The number of hydrogen-bond acceptors (Lipinski definition) is 2. The summed E-state index contributed by atoms with van der Waals surface area (Å²) in [6, 6.07) is 6.54. The molecule has 0 unspecified atom stereocenters. The Hall–Kier alpha value is -1.23. The molecule has 78 valence electrons. The van der Waals surface area contributed by atoms with Crippen molar-refractivity contribution < 1.29 is 4.39 Å². The molecule has 0 aliphatic carbocycles. The second-order valence-electron chi connectivity index (χ2n) is 3.11. The largest absolute Gasteiger partial charge is 0.313 e. The van der Waals surface area contributed by atoms with Crippen LogP contribution in [0.1, 0.15) is 5.82 Å². The van der Waals surface area contributed by atoms with Gasteiger partial charge in [-0.05, 0) is 12.1 Å². The first kappa shape index (κ1) is 10.3. The van der Waals surface area contributed by atoms with Gasteiger partial charge in [0.15, 0.2) is 5.82 Å². The molecule has 0 atom stereocenters. The van der Waals surface area contributed by atoms with Crippen molar-refractivity contribution in [2.24, 2.45) is 7.05 Å². The van der Waals surface area contributed by atoms with E-state index in [1.807, 2.05) is 7.05 Å². The number of nitrogens with zero attached hydrogens (tertiary/aromatic N) is 3. The fraction of sp³-hybridized carbons (Fsp3) is 0.200. The van der Waals surface area contributed by atoms with Crippen molar-refractivity contribution in [1.82, 2.24) is 14.8 Å². The van der Waals surface area contributed by atoms with E-state index in [4.69, 9.17) is 0 Å². The number of rotatable bonds is 2. The third-order valence-corrected chi connectivity index (χ3v) is 2.70. The van der Waals surface area contributed by atoms with Crippen LogP contribution < -0.4 is 0 Å². The van der Waals surface area contributed by atoms with Gasteiger partial charge < -0.3 is 4.57 Å². The number of hydrogen-bond donors (Lipinski definition) is 0. The molecule has 0 saturated carbocycles. The molecule has 1 aromatic carbocycles. The monoisotopic (exact) mass is 269 g/mol. The van der Waals surface area contributed by atoms with Crippen molar-refractivity contribution in [3.63, 3.8) is 0 Å². The molecule has 0 fully saturated rings. The van der Waals surface area contributed by atoms with Gasteiger partial charge >= 0.3 is 0 Å². The fourth-order valence-electron chi connectivity index (χ4n) is 1.35. The summed E-state index contributed by atoms with van der Waals surface area (Å²) in [5.41, 5.74) is 0.472. The molecule has 3 nitrogen and oxygen atoms in total. The van der Waals surface area contributed by atoms with Crippen LogP contribution in [-0.4, -0.2) is 14.8 Å². The lowest BCUT2D eigenvalue weighted by Crippen LogP contribution is -1.98. The van der Waals surface area contributed by atoms with E-state index in [2.05, 4.69) is 26.1 Å². The predicted molar refractivity (Wildman–Crippen MR) is 59.0 cm³/mol. The molecule has 2 aromatic rings. The lowest BCUT2D eigenvalue weighted by atomic mass is 10.2. The molecule has 0 aliphatic heterocycles. The average Bonchev–Trinajstić information content (AvgIpc) is 2.60. The van der Waals surface area contributed by atoms with Crippen LogP contribution in [0, 0.1) is 5.82 Å². The van der Waals surface area contributed by atoms with Gasteiger partial charge in [0.2, 0.25) is 0 Å². The lowest BCUT2D eigenvalue weighted by molar-refractivity contribution is 0.628. The van der Waals surface area contributed by atoms with Crippen LogP contribution in [0.2, 0.25) is 0 Å². The van der Waals surface area contributed by atoms with E-state index in [1.165, 1.54) is 6.07 Å². The average molecular weight is 270 g/mol. The summed E-state index contributed by atoms with van der Waals surface area (Å²) >= 11 is 3.30. The first-order valence-corrected chi connectivity index (χ1v) is 5.55. The Morgan fingerprint density at radius 3 is 2.67 bits per heavy atom. The van der Waals surface area contributed by atoms with Crippen molar-refractivity contribution in [2.45, 2.75) is 5.33 Å². The number of halogens is 2. The topological polar surface area (TPSA) is 30.7 Å². The summed E-state index contributed by atoms with van der Waals surface area (Å²) in [6.45, 7) is 0. The fourth-order valence-corrected chi connectivity index (χ4v) is 1.84. The molecule has 15 heavy (non-hydrogen) atoms. The molecule has 0 aliphatic rings. The van der Waals surface area contributed by atoms with E-state index >= 15 is 0 Å². The third-order valence-electron chi connectivity index (χ3n) is 2.20. The maximum absolute atomic E-state index is 13.5. The molecule has 1 aromatic heterocycles. The Kier molecular flexibility index (Phi) is 2.81. The Labute approximate surface area is 95.1 Å². The zero-order valence-electron chi connectivity index (χ0n) is 8.11. The highest BCUT2D eigenvalue weighted by Crippen LogP contribution is 2.20. The van der Waals surface area contributed by atoms with Crippen LogP contribution in [0.15, 0.2) is 24.3 Å². The maximum atomic E-state index is 13.5. The minimum atomic E-state index is -0.283. The Balaban J connectivity index is 2.55. The molecule has 2 rings (SSSR count). The smallest absolute Gasteiger partial charge is 0.166 e. The number of alkyl halides is 1. The molecule has 0 saturated heterocycles. The quantitative estimate of drug-likeness (QED) is 0.785. The van der Waals surface area contributed by atoms with Gasteiger partial charge in [0, 0.05) is 7.05 Å². The van der Waals surface area contributed by atoms with Crippen LogP contribution in [0.25, 0.3) is 11.4 Å². The summed E-state index contributed by atoms with van der Waals surface area (Å²) < 4.78 is 15.2. The zero-order chi connectivity index (χ0) is 10.8. The molecule has 0 bridgehead atoms. The number of benzene rings is 1. The standard InChI is InChI=1S/C10H9BrFN3/c1-15-9(6-11)13-14-10(15)7-4-2-3-5-8(7)12/h2-5H,6H2,1H3. The molecule has 5 heteroatoms. The minimum Gasteiger partial charge on any atom is -0.313 e. The summed E-state index contributed by atoms with van der Waals surface area (Å²) in [4.78, 5) is 0. The number of aromatic nitrogens is 3. The Morgan fingerprint density at radius 2 is 2.07 bits per heavy atom. The van der Waals surface area contributed by atoms with Crippen molar-refractivity contribution in [3.05, 3.63) is 35.9 Å². The van der Waals surface area contributed by atoms with Crippen molar-refractivity contribution >= 4 is 15.9 Å². The molecule has 1 heterocycles. The first-order chi connectivity index (χ1) is 7.24. The second kappa shape index (κ2) is 4.10. The van der Waals surface area contributed by atoms with Crippen LogP contribution in [0.5, 0.6) is 0 Å². The van der Waals surface area contributed by atoms with Gasteiger partial charge in [0.1, 0.15) is 11.6 Å². The van der Waals surface area contributed by atoms with E-state index in [1.54, 1.807) is 22.8 Å². The van der Waals surface area contributed by atoms with Gasteiger partial charge in [-0.1, -0.05) is 28.1 Å². The van der Waals surface area contributed by atoms with Gasteiger partial charge in [-0.2, -0.15) is 0 Å². The Bertz CT molecular complexity index is 481. The van der Waals surface area contributed by atoms with E-state index in [-0.39, 0.29) is 5.82 Å². The summed E-state index contributed by atoms with van der Waals surface area (Å²) in [5, 5.41) is 8.51. The van der Waals surface area contributed by atoms with E-state index in [9.17, 15) is 4.39 Å². The Morgan fingerprint density at radius 1 is 1.33 bits per heavy atom. The van der Waals surface area contributed by atoms with E-state index in [0.29, 0.717) is 16.7 Å². The van der Waals surface area contributed by atoms with Gasteiger partial charge in [0.25, 0.3) is 0 Å². The molecular formula is C10H9BrFN3. The van der Waals surface area contributed by atoms with Crippen LogP contribution in [0.3, 0.4) is 0 Å². The van der Waals surface area contributed by atoms with Crippen LogP contribution in [-0.2, 0) is 12.4 Å². The molecule has 0 N–H and O–H groups in total. The second-order valence-corrected chi connectivity index (χ2v) is 3.67. The van der Waals surface area contributed by atoms with Gasteiger partial charge in [-0.15, -0.1) is 10.2 Å². The van der Waals surface area contributed by atoms with E-state index in [0.717, 1.165) is 5.82 Å². The van der Waals surface area contributed by atoms with Gasteiger partial charge in [-0.3, -0.25) is 0 Å². The highest BCUT2D eigenvalue weighted by molar-refractivity contribution is 9.08. The predicted octanol–water partition coefficient (Wildman–Crippen LogP) is 2.52. The summed E-state index contributed by atoms with van der Waals surface area (Å²) in [5.74, 6) is 1.03. The van der Waals surface area contributed by atoms with Gasteiger partial charge in [0.05, 0.1) is 10.9 Å². The first-order valence-electron chi connectivity index (χ1n) is 4.43. The van der Waals surface area contributed by atoms with Crippen LogP contribution in [0.4, 0.5) is 4.39 Å². The summed E-state index contributed by atoms with van der Waals surface area (Å²) in [7, 11) is 1.82. The molecule has 0 amide bonds. The molecular weight excluding hydrogens is 261 g/mol.